The molecule has 2 rings (SSSR count). The Morgan fingerprint density at radius 1 is 1.40 bits per heavy atom. The first-order chi connectivity index (χ1) is 9.61. The standard InChI is InChI=1S/C16H20FNOS/c1-4-18-12(3)14-9-15(17)11(2)8-16(14)19-10-13-6-5-7-20-13/h5-9,12,18H,4,10H2,1-3H3. The smallest absolute Gasteiger partial charge is 0.126 e. The highest BCUT2D eigenvalue weighted by Crippen LogP contribution is 2.29. The first-order valence-electron chi connectivity index (χ1n) is 6.80. The van der Waals surface area contributed by atoms with E-state index >= 15 is 0 Å². The van der Waals surface area contributed by atoms with Crippen LogP contribution in [0.15, 0.2) is 29.6 Å². The lowest BCUT2D eigenvalue weighted by Gasteiger charge is -2.18. The van der Waals surface area contributed by atoms with Gasteiger partial charge in [-0.2, -0.15) is 0 Å². The molecule has 1 atom stereocenters. The third-order valence-corrected chi connectivity index (χ3v) is 4.07. The topological polar surface area (TPSA) is 21.3 Å². The number of nitrogens with one attached hydrogen (secondary N) is 1. The van der Waals surface area contributed by atoms with Gasteiger partial charge in [-0.15, -0.1) is 11.3 Å². The lowest BCUT2D eigenvalue weighted by molar-refractivity contribution is 0.302. The van der Waals surface area contributed by atoms with Crippen molar-refractivity contribution in [3.05, 3.63) is 51.5 Å². The number of aryl methyl sites for hydroxylation is 1. The Bertz CT molecular complexity index is 554. The predicted octanol–water partition coefficient (Wildman–Crippen LogP) is 4.45. The van der Waals surface area contributed by atoms with Crippen LogP contribution in [0.2, 0.25) is 0 Å². The van der Waals surface area contributed by atoms with Gasteiger partial charge in [-0.1, -0.05) is 13.0 Å². The van der Waals surface area contributed by atoms with Crippen LogP contribution in [0, 0.1) is 12.7 Å². The minimum absolute atomic E-state index is 0.0634. The van der Waals surface area contributed by atoms with Gasteiger partial charge in [0.2, 0.25) is 0 Å². The van der Waals surface area contributed by atoms with Gasteiger partial charge in [0.1, 0.15) is 18.2 Å². The molecular weight excluding hydrogens is 273 g/mol. The van der Waals surface area contributed by atoms with Crippen molar-refractivity contribution in [2.45, 2.75) is 33.4 Å². The fraction of sp³-hybridized carbons (Fsp3) is 0.375. The lowest BCUT2D eigenvalue weighted by Crippen LogP contribution is -2.19. The van der Waals surface area contributed by atoms with Crippen molar-refractivity contribution in [3.8, 4) is 5.75 Å². The van der Waals surface area contributed by atoms with Crippen LogP contribution in [-0.2, 0) is 6.61 Å². The Labute approximate surface area is 123 Å². The zero-order valence-electron chi connectivity index (χ0n) is 12.1. The highest BCUT2D eigenvalue weighted by atomic mass is 32.1. The van der Waals surface area contributed by atoms with Crippen molar-refractivity contribution >= 4 is 11.3 Å². The van der Waals surface area contributed by atoms with Crippen LogP contribution in [0.1, 0.15) is 35.9 Å². The summed E-state index contributed by atoms with van der Waals surface area (Å²) in [5.74, 6) is 0.568. The Balaban J connectivity index is 2.22. The number of thiophene rings is 1. The Kier molecular flexibility index (Phi) is 5.15. The highest BCUT2D eigenvalue weighted by Gasteiger charge is 2.14. The summed E-state index contributed by atoms with van der Waals surface area (Å²) in [6.07, 6.45) is 0. The number of benzene rings is 1. The summed E-state index contributed by atoms with van der Waals surface area (Å²) in [5, 5.41) is 5.32. The van der Waals surface area contributed by atoms with E-state index in [-0.39, 0.29) is 11.9 Å². The molecule has 0 amide bonds. The summed E-state index contributed by atoms with van der Waals surface area (Å²) >= 11 is 1.66. The van der Waals surface area contributed by atoms with Crippen LogP contribution in [0.5, 0.6) is 5.75 Å². The molecule has 0 aliphatic carbocycles. The molecule has 1 unspecified atom stereocenters. The molecule has 1 heterocycles. The molecule has 2 nitrogen and oxygen atoms in total. The molecular formula is C16H20FNOS. The second-order valence-electron chi connectivity index (χ2n) is 4.79. The Morgan fingerprint density at radius 2 is 2.20 bits per heavy atom. The van der Waals surface area contributed by atoms with Gasteiger partial charge in [-0.3, -0.25) is 0 Å². The average molecular weight is 293 g/mol. The predicted molar refractivity (Wildman–Crippen MR) is 81.9 cm³/mol. The van der Waals surface area contributed by atoms with E-state index < -0.39 is 0 Å². The maximum atomic E-state index is 13.8. The van der Waals surface area contributed by atoms with Gasteiger partial charge >= 0.3 is 0 Å². The minimum Gasteiger partial charge on any atom is -0.488 e. The monoisotopic (exact) mass is 293 g/mol. The van der Waals surface area contributed by atoms with Gasteiger partial charge in [-0.05, 0) is 49.5 Å². The maximum absolute atomic E-state index is 13.8. The van der Waals surface area contributed by atoms with Gasteiger partial charge in [-0.25, -0.2) is 4.39 Å². The molecule has 20 heavy (non-hydrogen) atoms. The summed E-state index contributed by atoms with van der Waals surface area (Å²) in [6.45, 7) is 7.17. The number of hydrogen-bond donors (Lipinski definition) is 1. The van der Waals surface area contributed by atoms with Crippen molar-refractivity contribution in [1.29, 1.82) is 0 Å². The highest BCUT2D eigenvalue weighted by molar-refractivity contribution is 7.09. The zero-order chi connectivity index (χ0) is 14.5. The molecule has 0 bridgehead atoms. The minimum atomic E-state index is -0.187. The summed E-state index contributed by atoms with van der Waals surface area (Å²) in [6, 6.07) is 7.46. The summed E-state index contributed by atoms with van der Waals surface area (Å²) in [5.41, 5.74) is 1.48. The van der Waals surface area contributed by atoms with Crippen molar-refractivity contribution < 1.29 is 9.13 Å². The number of rotatable bonds is 6. The molecule has 0 aliphatic rings. The van der Waals surface area contributed by atoms with Crippen molar-refractivity contribution in [1.82, 2.24) is 5.32 Å². The second kappa shape index (κ2) is 6.86. The second-order valence-corrected chi connectivity index (χ2v) is 5.82. The van der Waals surface area contributed by atoms with Gasteiger partial charge < -0.3 is 10.1 Å². The third-order valence-electron chi connectivity index (χ3n) is 3.22. The molecule has 0 spiro atoms. The molecule has 0 saturated carbocycles. The molecule has 0 radical (unpaired) electrons. The van der Waals surface area contributed by atoms with E-state index in [1.54, 1.807) is 30.4 Å². The first kappa shape index (κ1) is 15.0. The molecule has 1 aromatic carbocycles. The van der Waals surface area contributed by atoms with Crippen LogP contribution in [0.25, 0.3) is 0 Å². The van der Waals surface area contributed by atoms with E-state index in [1.807, 2.05) is 31.4 Å². The fourth-order valence-corrected chi connectivity index (χ4v) is 2.71. The molecule has 0 fully saturated rings. The van der Waals surface area contributed by atoms with Crippen LogP contribution in [0.3, 0.4) is 0 Å². The zero-order valence-corrected chi connectivity index (χ0v) is 12.9. The summed E-state index contributed by atoms with van der Waals surface area (Å²) in [4.78, 5) is 1.16. The van der Waals surface area contributed by atoms with E-state index in [4.69, 9.17) is 4.74 Å². The number of ether oxygens (including phenoxy) is 1. The van der Waals surface area contributed by atoms with Crippen molar-refractivity contribution in [2.75, 3.05) is 6.54 Å². The van der Waals surface area contributed by atoms with E-state index in [9.17, 15) is 4.39 Å². The van der Waals surface area contributed by atoms with E-state index in [2.05, 4.69) is 5.32 Å². The Morgan fingerprint density at radius 3 is 2.85 bits per heavy atom. The summed E-state index contributed by atoms with van der Waals surface area (Å²) < 4.78 is 19.7. The number of hydrogen-bond acceptors (Lipinski definition) is 3. The van der Waals surface area contributed by atoms with Gasteiger partial charge in [0.05, 0.1) is 0 Å². The van der Waals surface area contributed by atoms with Gasteiger partial charge in [0.15, 0.2) is 0 Å². The van der Waals surface area contributed by atoms with E-state index in [1.165, 1.54) is 0 Å². The molecule has 0 saturated heterocycles. The van der Waals surface area contributed by atoms with Crippen LogP contribution in [-0.4, -0.2) is 6.54 Å². The normalized spacial score (nSPS) is 12.4. The SMILES string of the molecule is CCNC(C)c1cc(F)c(C)cc1OCc1cccs1. The molecule has 0 aliphatic heterocycles. The van der Waals surface area contributed by atoms with Gasteiger partial charge in [0, 0.05) is 16.5 Å². The fourth-order valence-electron chi connectivity index (χ4n) is 2.09. The van der Waals surface area contributed by atoms with Crippen molar-refractivity contribution in [2.24, 2.45) is 0 Å². The average Bonchev–Trinajstić information content (AvgIpc) is 2.93. The Hall–Kier alpha value is -1.39. The number of halogens is 1. The third kappa shape index (κ3) is 3.58. The van der Waals surface area contributed by atoms with E-state index in [0.717, 1.165) is 22.7 Å². The van der Waals surface area contributed by atoms with Crippen LogP contribution >= 0.6 is 11.3 Å². The molecule has 1 aromatic heterocycles. The lowest BCUT2D eigenvalue weighted by atomic mass is 10.0. The quantitative estimate of drug-likeness (QED) is 0.850. The van der Waals surface area contributed by atoms with Crippen molar-refractivity contribution in [3.63, 3.8) is 0 Å². The molecule has 4 heteroatoms. The van der Waals surface area contributed by atoms with Crippen LogP contribution in [0.4, 0.5) is 4.39 Å². The largest absolute Gasteiger partial charge is 0.488 e. The molecule has 108 valence electrons. The van der Waals surface area contributed by atoms with Crippen LogP contribution < -0.4 is 10.1 Å². The molecule has 2 aromatic rings. The maximum Gasteiger partial charge on any atom is 0.126 e. The van der Waals surface area contributed by atoms with Gasteiger partial charge in [0.25, 0.3) is 0 Å². The molecule has 1 N–H and O–H groups in total. The van der Waals surface area contributed by atoms with E-state index in [0.29, 0.717) is 12.2 Å². The summed E-state index contributed by atoms with van der Waals surface area (Å²) in [7, 11) is 0. The first-order valence-corrected chi connectivity index (χ1v) is 7.68.